The average molecular weight is 204 g/mol. The molecule has 1 heterocycles. The van der Waals surface area contributed by atoms with E-state index in [2.05, 4.69) is 6.58 Å². The summed E-state index contributed by atoms with van der Waals surface area (Å²) in [4.78, 5) is 0. The Balaban J connectivity index is 2.59. The van der Waals surface area contributed by atoms with Crippen LogP contribution in [0.4, 0.5) is 0 Å². The fraction of sp³-hybridized carbons (Fsp3) is 0.778. The molecule has 0 aliphatic carbocycles. The van der Waals surface area contributed by atoms with Gasteiger partial charge in [-0.25, -0.2) is 0 Å². The molecule has 1 aliphatic heterocycles. The van der Waals surface area contributed by atoms with E-state index >= 15 is 0 Å². The highest BCUT2D eigenvalue weighted by Gasteiger charge is 2.42. The second-order valence-electron chi connectivity index (χ2n) is 3.30. The highest BCUT2D eigenvalue weighted by atomic mass is 16.7. The van der Waals surface area contributed by atoms with Crippen molar-refractivity contribution in [1.29, 1.82) is 0 Å². The van der Waals surface area contributed by atoms with Gasteiger partial charge in [-0.1, -0.05) is 6.08 Å². The molecule has 82 valence electrons. The van der Waals surface area contributed by atoms with E-state index in [4.69, 9.17) is 9.47 Å². The molecule has 1 fully saturated rings. The molecule has 0 aromatic carbocycles. The predicted molar refractivity (Wildman–Crippen MR) is 48.5 cm³/mol. The molecule has 5 atom stereocenters. The quantitative estimate of drug-likeness (QED) is 0.515. The minimum Gasteiger partial charge on any atom is -0.388 e. The lowest BCUT2D eigenvalue weighted by atomic mass is 10.00. The van der Waals surface area contributed by atoms with Crippen molar-refractivity contribution in [2.45, 2.75) is 37.6 Å². The Morgan fingerprint density at radius 2 is 2.00 bits per heavy atom. The van der Waals surface area contributed by atoms with Crippen LogP contribution in [0.3, 0.4) is 0 Å². The Morgan fingerprint density at radius 3 is 2.57 bits per heavy atom. The highest BCUT2D eigenvalue weighted by Crippen LogP contribution is 2.21. The Kier molecular flexibility index (Phi) is 4.03. The predicted octanol–water partition coefficient (Wildman–Crippen LogP) is -0.984. The lowest BCUT2D eigenvalue weighted by Crippen LogP contribution is -2.57. The van der Waals surface area contributed by atoms with Gasteiger partial charge in [-0.15, -0.1) is 6.58 Å². The summed E-state index contributed by atoms with van der Waals surface area (Å²) in [5, 5.41) is 28.4. The number of hydrogen-bond acceptors (Lipinski definition) is 5. The van der Waals surface area contributed by atoms with Crippen LogP contribution in [0.1, 0.15) is 6.92 Å². The van der Waals surface area contributed by atoms with Crippen LogP contribution in [0.15, 0.2) is 12.7 Å². The first kappa shape index (κ1) is 11.6. The maximum Gasteiger partial charge on any atom is 0.184 e. The smallest absolute Gasteiger partial charge is 0.184 e. The van der Waals surface area contributed by atoms with Crippen molar-refractivity contribution >= 4 is 0 Å². The third-order valence-corrected chi connectivity index (χ3v) is 2.21. The summed E-state index contributed by atoms with van der Waals surface area (Å²) in [5.74, 6) is 0. The van der Waals surface area contributed by atoms with Crippen LogP contribution < -0.4 is 0 Å². The third kappa shape index (κ3) is 2.31. The van der Waals surface area contributed by atoms with Crippen LogP contribution in [0, 0.1) is 0 Å². The summed E-state index contributed by atoms with van der Waals surface area (Å²) in [6.45, 7) is 5.19. The fourth-order valence-corrected chi connectivity index (χ4v) is 1.38. The van der Waals surface area contributed by atoms with Gasteiger partial charge >= 0.3 is 0 Å². The van der Waals surface area contributed by atoms with E-state index in [1.165, 1.54) is 6.08 Å². The molecule has 1 rings (SSSR count). The summed E-state index contributed by atoms with van der Waals surface area (Å²) in [6.07, 6.45) is -3.46. The summed E-state index contributed by atoms with van der Waals surface area (Å²) >= 11 is 0. The zero-order valence-electron chi connectivity index (χ0n) is 8.04. The minimum atomic E-state index is -1.22. The second kappa shape index (κ2) is 4.86. The SMILES string of the molecule is C=CCO[C@@H]1[C@H](O)[C@@H](O)[C@H](C)O[C@H]1O. The molecule has 14 heavy (non-hydrogen) atoms. The monoisotopic (exact) mass is 204 g/mol. The third-order valence-electron chi connectivity index (χ3n) is 2.21. The lowest BCUT2D eigenvalue weighted by Gasteiger charge is -2.38. The Hall–Kier alpha value is -0.460. The molecule has 0 aromatic rings. The molecule has 0 amide bonds. The zero-order valence-corrected chi connectivity index (χ0v) is 8.04. The van der Waals surface area contributed by atoms with Gasteiger partial charge in [0.05, 0.1) is 12.7 Å². The van der Waals surface area contributed by atoms with E-state index in [0.717, 1.165) is 0 Å². The van der Waals surface area contributed by atoms with Crippen LogP contribution in [0.5, 0.6) is 0 Å². The van der Waals surface area contributed by atoms with Crippen molar-refractivity contribution in [3.8, 4) is 0 Å². The normalized spacial score (nSPS) is 43.6. The molecular formula is C9H16O5. The maximum absolute atomic E-state index is 9.56. The molecule has 0 saturated carbocycles. The highest BCUT2D eigenvalue weighted by molar-refractivity contribution is 4.88. The summed E-state index contributed by atoms with van der Waals surface area (Å²) in [5.41, 5.74) is 0. The van der Waals surface area contributed by atoms with Gasteiger partial charge in [0.25, 0.3) is 0 Å². The molecular weight excluding hydrogens is 188 g/mol. The van der Waals surface area contributed by atoms with Gasteiger partial charge in [-0.05, 0) is 6.92 Å². The van der Waals surface area contributed by atoms with E-state index in [1.54, 1.807) is 6.92 Å². The average Bonchev–Trinajstić information content (AvgIpc) is 2.14. The largest absolute Gasteiger partial charge is 0.388 e. The first-order valence-corrected chi connectivity index (χ1v) is 4.50. The minimum absolute atomic E-state index is 0.184. The van der Waals surface area contributed by atoms with Crippen LogP contribution in [0.25, 0.3) is 0 Å². The van der Waals surface area contributed by atoms with Gasteiger partial charge in [-0.2, -0.15) is 0 Å². The van der Waals surface area contributed by atoms with E-state index in [-0.39, 0.29) is 6.61 Å². The van der Waals surface area contributed by atoms with Crippen LogP contribution in [-0.4, -0.2) is 52.6 Å². The first-order valence-electron chi connectivity index (χ1n) is 4.50. The molecule has 0 radical (unpaired) electrons. The molecule has 5 heteroatoms. The number of aliphatic hydroxyl groups excluding tert-OH is 3. The molecule has 0 bridgehead atoms. The Morgan fingerprint density at radius 1 is 1.36 bits per heavy atom. The van der Waals surface area contributed by atoms with Gasteiger partial charge in [0.2, 0.25) is 0 Å². The van der Waals surface area contributed by atoms with Crippen molar-refractivity contribution in [3.63, 3.8) is 0 Å². The molecule has 0 unspecified atom stereocenters. The van der Waals surface area contributed by atoms with Gasteiger partial charge in [0, 0.05) is 0 Å². The first-order chi connectivity index (χ1) is 6.57. The number of aliphatic hydroxyl groups is 3. The van der Waals surface area contributed by atoms with Crippen molar-refractivity contribution in [2.75, 3.05) is 6.61 Å². The van der Waals surface area contributed by atoms with E-state index in [1.807, 2.05) is 0 Å². The Bertz CT molecular complexity index is 196. The number of rotatable bonds is 3. The summed E-state index contributed by atoms with van der Waals surface area (Å²) < 4.78 is 10.0. The van der Waals surface area contributed by atoms with Crippen LogP contribution in [0.2, 0.25) is 0 Å². The van der Waals surface area contributed by atoms with Crippen LogP contribution in [-0.2, 0) is 9.47 Å². The number of ether oxygens (including phenoxy) is 2. The van der Waals surface area contributed by atoms with Crippen LogP contribution >= 0.6 is 0 Å². The van der Waals surface area contributed by atoms with Gasteiger partial charge in [0.15, 0.2) is 6.29 Å². The standard InChI is InChI=1S/C9H16O5/c1-3-4-13-8-7(11)6(10)5(2)14-9(8)12/h3,5-12H,1,4H2,2H3/t5-,6-,7+,8+,9+/m0/s1. The maximum atomic E-state index is 9.56. The molecule has 1 aliphatic rings. The fourth-order valence-electron chi connectivity index (χ4n) is 1.38. The lowest BCUT2D eigenvalue weighted by molar-refractivity contribution is -0.286. The Labute approximate surface area is 82.6 Å². The van der Waals surface area contributed by atoms with E-state index in [9.17, 15) is 15.3 Å². The molecule has 0 spiro atoms. The topological polar surface area (TPSA) is 79.2 Å². The van der Waals surface area contributed by atoms with Gasteiger partial charge in [-0.3, -0.25) is 0 Å². The molecule has 1 saturated heterocycles. The van der Waals surface area contributed by atoms with Gasteiger partial charge in [0.1, 0.15) is 18.3 Å². The molecule has 5 nitrogen and oxygen atoms in total. The van der Waals surface area contributed by atoms with Crippen molar-refractivity contribution in [1.82, 2.24) is 0 Å². The van der Waals surface area contributed by atoms with E-state index in [0.29, 0.717) is 0 Å². The zero-order chi connectivity index (χ0) is 10.7. The van der Waals surface area contributed by atoms with E-state index < -0.39 is 30.7 Å². The number of hydrogen-bond donors (Lipinski definition) is 3. The van der Waals surface area contributed by atoms with Gasteiger partial charge < -0.3 is 24.8 Å². The molecule has 0 aromatic heterocycles. The summed E-state index contributed by atoms with van der Waals surface area (Å²) in [7, 11) is 0. The summed E-state index contributed by atoms with van der Waals surface area (Å²) in [6, 6.07) is 0. The van der Waals surface area contributed by atoms with Crippen molar-refractivity contribution in [2.24, 2.45) is 0 Å². The van der Waals surface area contributed by atoms with Crippen molar-refractivity contribution in [3.05, 3.63) is 12.7 Å². The second-order valence-corrected chi connectivity index (χ2v) is 3.30. The molecule has 3 N–H and O–H groups in total. The van der Waals surface area contributed by atoms with Crippen molar-refractivity contribution < 1.29 is 24.8 Å².